The summed E-state index contributed by atoms with van der Waals surface area (Å²) in [6.07, 6.45) is 4.47. The third-order valence-electron chi connectivity index (χ3n) is 3.02. The van der Waals surface area contributed by atoms with Crippen LogP contribution in [0.1, 0.15) is 31.6 Å². The van der Waals surface area contributed by atoms with Crippen molar-refractivity contribution in [1.82, 2.24) is 15.3 Å². The first kappa shape index (κ1) is 11.6. The number of hydrogen-bond donors (Lipinski definition) is 3. The zero-order chi connectivity index (χ0) is 12.4. The van der Waals surface area contributed by atoms with Gasteiger partial charge < -0.3 is 15.4 Å². The van der Waals surface area contributed by atoms with Gasteiger partial charge in [-0.3, -0.25) is 9.59 Å². The molecule has 17 heavy (non-hydrogen) atoms. The van der Waals surface area contributed by atoms with Crippen molar-refractivity contribution in [3.8, 4) is 0 Å². The van der Waals surface area contributed by atoms with E-state index in [1.54, 1.807) is 12.4 Å². The van der Waals surface area contributed by atoms with Crippen LogP contribution in [-0.2, 0) is 9.59 Å². The minimum Gasteiger partial charge on any atom is -0.481 e. The fourth-order valence-corrected chi connectivity index (χ4v) is 1.87. The highest BCUT2D eigenvalue weighted by Crippen LogP contribution is 2.39. The number of amides is 1. The molecule has 0 aliphatic heterocycles. The molecular formula is C11H15N3O3. The lowest BCUT2D eigenvalue weighted by Gasteiger charge is -2.14. The molecule has 3 atom stereocenters. The van der Waals surface area contributed by atoms with E-state index in [4.69, 9.17) is 5.11 Å². The topological polar surface area (TPSA) is 95.1 Å². The minimum absolute atomic E-state index is 0.174. The second kappa shape index (κ2) is 4.57. The summed E-state index contributed by atoms with van der Waals surface area (Å²) in [7, 11) is 0. The molecule has 1 saturated carbocycles. The first-order valence-electron chi connectivity index (χ1n) is 5.66. The molecule has 1 aromatic heterocycles. The minimum atomic E-state index is -0.892. The van der Waals surface area contributed by atoms with Crippen molar-refractivity contribution in [2.45, 2.75) is 25.8 Å². The number of carboxylic acid groups (broad SMARTS) is 1. The lowest BCUT2D eigenvalue weighted by Crippen LogP contribution is -2.31. The molecule has 3 unspecified atom stereocenters. The molecule has 6 heteroatoms. The standard InChI is InChI=1S/C11H15N3O3/c1-2-8(9-12-3-4-13-9)14-10(15)6-5-7(6)11(16)17/h3-4,6-8H,2,5H2,1H3,(H,12,13)(H,14,15)(H,16,17). The van der Waals surface area contributed by atoms with Crippen LogP contribution in [0.5, 0.6) is 0 Å². The number of H-pyrrole nitrogens is 1. The molecule has 1 aromatic rings. The second-order valence-corrected chi connectivity index (χ2v) is 4.23. The molecule has 0 spiro atoms. The monoisotopic (exact) mass is 237 g/mol. The number of carboxylic acids is 1. The van der Waals surface area contributed by atoms with E-state index < -0.39 is 11.9 Å². The van der Waals surface area contributed by atoms with E-state index in [1.165, 1.54) is 0 Å². The maximum atomic E-state index is 11.8. The first-order chi connectivity index (χ1) is 8.13. The Hall–Kier alpha value is -1.85. The SMILES string of the molecule is CCC(NC(=O)C1CC1C(=O)O)c1ncc[nH]1. The van der Waals surface area contributed by atoms with E-state index in [9.17, 15) is 9.59 Å². The van der Waals surface area contributed by atoms with Crippen LogP contribution in [0.4, 0.5) is 0 Å². The van der Waals surface area contributed by atoms with Crippen molar-refractivity contribution in [3.05, 3.63) is 18.2 Å². The van der Waals surface area contributed by atoms with E-state index in [2.05, 4.69) is 15.3 Å². The van der Waals surface area contributed by atoms with E-state index in [0.717, 1.165) is 0 Å². The molecule has 1 aliphatic carbocycles. The van der Waals surface area contributed by atoms with Crippen LogP contribution in [0.25, 0.3) is 0 Å². The van der Waals surface area contributed by atoms with Gasteiger partial charge in [0.1, 0.15) is 5.82 Å². The molecule has 0 radical (unpaired) electrons. The molecule has 92 valence electrons. The van der Waals surface area contributed by atoms with Crippen molar-refractivity contribution in [2.75, 3.05) is 0 Å². The Kier molecular flexibility index (Phi) is 3.12. The van der Waals surface area contributed by atoms with Gasteiger partial charge in [0, 0.05) is 12.4 Å². The van der Waals surface area contributed by atoms with Gasteiger partial charge in [-0.15, -0.1) is 0 Å². The van der Waals surface area contributed by atoms with Crippen LogP contribution >= 0.6 is 0 Å². The normalized spacial score (nSPS) is 24.1. The summed E-state index contributed by atoms with van der Waals surface area (Å²) in [6, 6.07) is -0.174. The molecular weight excluding hydrogens is 222 g/mol. The number of hydrogen-bond acceptors (Lipinski definition) is 3. The quantitative estimate of drug-likeness (QED) is 0.702. The van der Waals surface area contributed by atoms with Crippen molar-refractivity contribution in [1.29, 1.82) is 0 Å². The van der Waals surface area contributed by atoms with Crippen LogP contribution in [-0.4, -0.2) is 27.0 Å². The largest absolute Gasteiger partial charge is 0.481 e. The summed E-state index contributed by atoms with van der Waals surface area (Å²) in [5, 5.41) is 11.6. The molecule has 0 bridgehead atoms. The lowest BCUT2D eigenvalue weighted by molar-refractivity contribution is -0.140. The molecule has 1 amide bonds. The zero-order valence-corrected chi connectivity index (χ0v) is 9.51. The van der Waals surface area contributed by atoms with Crippen LogP contribution in [0.15, 0.2) is 12.4 Å². The Morgan fingerprint density at radius 2 is 2.41 bits per heavy atom. The molecule has 1 aliphatic rings. The van der Waals surface area contributed by atoms with E-state index in [0.29, 0.717) is 18.7 Å². The number of aliphatic carboxylic acids is 1. The van der Waals surface area contributed by atoms with Crippen molar-refractivity contribution < 1.29 is 14.7 Å². The number of rotatable bonds is 5. The zero-order valence-electron chi connectivity index (χ0n) is 9.51. The average Bonchev–Trinajstić information content (AvgIpc) is 2.94. The van der Waals surface area contributed by atoms with Gasteiger partial charge in [0.25, 0.3) is 0 Å². The molecule has 0 aromatic carbocycles. The summed E-state index contributed by atoms with van der Waals surface area (Å²) in [5.74, 6) is -1.27. The van der Waals surface area contributed by atoms with Gasteiger partial charge in [-0.1, -0.05) is 6.92 Å². The Labute approximate surface area is 98.4 Å². The predicted molar refractivity (Wildman–Crippen MR) is 59.0 cm³/mol. The lowest BCUT2D eigenvalue weighted by atomic mass is 10.2. The van der Waals surface area contributed by atoms with Gasteiger partial charge in [0.15, 0.2) is 0 Å². The number of carbonyl (C=O) groups excluding carboxylic acids is 1. The Morgan fingerprint density at radius 1 is 1.65 bits per heavy atom. The van der Waals surface area contributed by atoms with Crippen LogP contribution in [0.2, 0.25) is 0 Å². The second-order valence-electron chi connectivity index (χ2n) is 4.23. The van der Waals surface area contributed by atoms with Gasteiger partial charge >= 0.3 is 5.97 Å². The van der Waals surface area contributed by atoms with Gasteiger partial charge in [0.2, 0.25) is 5.91 Å². The maximum Gasteiger partial charge on any atom is 0.307 e. The number of aromatic nitrogens is 2. The first-order valence-corrected chi connectivity index (χ1v) is 5.66. The van der Waals surface area contributed by atoms with Crippen LogP contribution in [0, 0.1) is 11.8 Å². The molecule has 0 saturated heterocycles. The summed E-state index contributed by atoms with van der Waals surface area (Å²) < 4.78 is 0. The van der Waals surface area contributed by atoms with Crippen molar-refractivity contribution in [3.63, 3.8) is 0 Å². The molecule has 2 rings (SSSR count). The van der Waals surface area contributed by atoms with Crippen LogP contribution in [0.3, 0.4) is 0 Å². The van der Waals surface area contributed by atoms with Gasteiger partial charge in [-0.05, 0) is 12.8 Å². The molecule has 6 nitrogen and oxygen atoms in total. The maximum absolute atomic E-state index is 11.8. The average molecular weight is 237 g/mol. The number of aromatic amines is 1. The van der Waals surface area contributed by atoms with Gasteiger partial charge in [-0.2, -0.15) is 0 Å². The molecule has 1 fully saturated rings. The van der Waals surface area contributed by atoms with E-state index in [-0.39, 0.29) is 17.9 Å². The highest BCUT2D eigenvalue weighted by atomic mass is 16.4. The Morgan fingerprint density at radius 3 is 2.88 bits per heavy atom. The summed E-state index contributed by atoms with van der Waals surface area (Å²) >= 11 is 0. The van der Waals surface area contributed by atoms with Crippen molar-refractivity contribution >= 4 is 11.9 Å². The Bertz CT molecular complexity index is 416. The third-order valence-corrected chi connectivity index (χ3v) is 3.02. The number of nitrogens with one attached hydrogen (secondary N) is 2. The molecule has 1 heterocycles. The predicted octanol–water partition coefficient (Wildman–Crippen LogP) is 0.698. The summed E-state index contributed by atoms with van der Waals surface area (Å²) in [5.41, 5.74) is 0. The molecule has 3 N–H and O–H groups in total. The van der Waals surface area contributed by atoms with E-state index in [1.807, 2.05) is 6.92 Å². The highest BCUT2D eigenvalue weighted by molar-refractivity contribution is 5.89. The number of carbonyl (C=O) groups is 2. The number of nitrogens with zero attached hydrogens (tertiary/aromatic N) is 1. The fraction of sp³-hybridized carbons (Fsp3) is 0.545. The Balaban J connectivity index is 1.92. The third kappa shape index (κ3) is 2.46. The smallest absolute Gasteiger partial charge is 0.307 e. The fourth-order valence-electron chi connectivity index (χ4n) is 1.87. The summed E-state index contributed by atoms with van der Waals surface area (Å²) in [6.45, 7) is 1.94. The van der Waals surface area contributed by atoms with Crippen LogP contribution < -0.4 is 5.32 Å². The van der Waals surface area contributed by atoms with Gasteiger partial charge in [-0.25, -0.2) is 4.98 Å². The summed E-state index contributed by atoms with van der Waals surface area (Å²) in [4.78, 5) is 29.5. The van der Waals surface area contributed by atoms with E-state index >= 15 is 0 Å². The highest BCUT2D eigenvalue weighted by Gasteiger charge is 2.48. The van der Waals surface area contributed by atoms with Gasteiger partial charge in [0.05, 0.1) is 17.9 Å². The number of imidazole rings is 1. The van der Waals surface area contributed by atoms with Crippen molar-refractivity contribution in [2.24, 2.45) is 11.8 Å².